The third-order valence-electron chi connectivity index (χ3n) is 5.17. The smallest absolute Gasteiger partial charge is 0.342 e. The third kappa shape index (κ3) is 4.43. The molecule has 7 heteroatoms. The van der Waals surface area contributed by atoms with Crippen molar-refractivity contribution < 1.29 is 14.6 Å². The predicted molar refractivity (Wildman–Crippen MR) is 117 cm³/mol. The summed E-state index contributed by atoms with van der Waals surface area (Å²) in [5, 5.41) is 20.1. The van der Waals surface area contributed by atoms with E-state index in [-0.39, 0.29) is 47.7 Å². The van der Waals surface area contributed by atoms with E-state index in [1.165, 1.54) is 4.57 Å². The summed E-state index contributed by atoms with van der Waals surface area (Å²) in [4.78, 5) is 30.0. The van der Waals surface area contributed by atoms with Crippen molar-refractivity contribution in [3.8, 4) is 11.8 Å². The molecule has 3 aromatic rings. The summed E-state index contributed by atoms with van der Waals surface area (Å²) in [5.74, 6) is -0.471. The number of para-hydroxylation sites is 1. The highest BCUT2D eigenvalue weighted by molar-refractivity contribution is 5.93. The van der Waals surface area contributed by atoms with Crippen molar-refractivity contribution in [1.29, 1.82) is 5.26 Å². The zero-order valence-electron chi connectivity index (χ0n) is 18.0. The number of phenols is 1. The average molecular weight is 419 g/mol. The number of hydrogen-bond acceptors (Lipinski definition) is 6. The minimum atomic E-state index is -0.715. The molecule has 0 spiro atoms. The Morgan fingerprint density at radius 1 is 1.19 bits per heavy atom. The first kappa shape index (κ1) is 22.0. The molecule has 0 saturated heterocycles. The second kappa shape index (κ2) is 9.00. The Kier molecular flexibility index (Phi) is 6.40. The van der Waals surface area contributed by atoms with Crippen LogP contribution in [0.5, 0.6) is 5.75 Å². The van der Waals surface area contributed by atoms with Crippen molar-refractivity contribution in [1.82, 2.24) is 9.55 Å². The number of nitrogens with zero attached hydrogens (tertiary/aromatic N) is 3. The number of rotatable bonds is 6. The standard InChI is InChI=1S/C24H25N3O4/c1-14(2)16-11-18(15(3)4)22(28)19(12-16)24(30)31-13-21-26-20-8-6-5-7-17(20)23(29)27(21)10-9-25/h5-8,11-12,14-15,28H,10,13H2,1-4H3. The molecule has 0 aliphatic rings. The molecule has 1 N–H and O–H groups in total. The summed E-state index contributed by atoms with van der Waals surface area (Å²) in [6.45, 7) is 7.37. The van der Waals surface area contributed by atoms with E-state index >= 15 is 0 Å². The Morgan fingerprint density at radius 3 is 2.55 bits per heavy atom. The molecule has 0 radical (unpaired) electrons. The Bertz CT molecular complexity index is 1240. The maximum absolute atomic E-state index is 12.8. The second-order valence-corrected chi connectivity index (χ2v) is 7.99. The van der Waals surface area contributed by atoms with Crippen LogP contribution in [-0.2, 0) is 17.9 Å². The maximum Gasteiger partial charge on any atom is 0.342 e. The Hall–Kier alpha value is -3.66. The van der Waals surface area contributed by atoms with Crippen LogP contribution in [0.25, 0.3) is 10.9 Å². The number of esters is 1. The molecule has 0 atom stereocenters. The SMILES string of the molecule is CC(C)c1cc(C(=O)OCc2nc3ccccc3c(=O)n2CC#N)c(O)c(C(C)C)c1. The molecular weight excluding hydrogens is 394 g/mol. The summed E-state index contributed by atoms with van der Waals surface area (Å²) < 4.78 is 6.62. The molecule has 0 bridgehead atoms. The number of nitriles is 1. The van der Waals surface area contributed by atoms with Gasteiger partial charge in [0.1, 0.15) is 24.5 Å². The van der Waals surface area contributed by atoms with E-state index in [0.29, 0.717) is 16.5 Å². The number of benzene rings is 2. The molecule has 0 fully saturated rings. The highest BCUT2D eigenvalue weighted by atomic mass is 16.5. The molecule has 7 nitrogen and oxygen atoms in total. The number of phenolic OH excluding ortho intramolecular Hbond substituents is 1. The van der Waals surface area contributed by atoms with Gasteiger partial charge in [-0.1, -0.05) is 45.9 Å². The minimum Gasteiger partial charge on any atom is -0.507 e. The molecule has 2 aromatic carbocycles. The molecule has 0 amide bonds. The molecule has 0 aliphatic heterocycles. The lowest BCUT2D eigenvalue weighted by atomic mass is 9.92. The van der Waals surface area contributed by atoms with Gasteiger partial charge in [0.25, 0.3) is 5.56 Å². The quantitative estimate of drug-likeness (QED) is 0.600. The summed E-state index contributed by atoms with van der Waals surface area (Å²) >= 11 is 0. The largest absolute Gasteiger partial charge is 0.507 e. The molecule has 0 aliphatic carbocycles. The van der Waals surface area contributed by atoms with E-state index in [4.69, 9.17) is 10.00 Å². The lowest BCUT2D eigenvalue weighted by Gasteiger charge is -2.17. The molecule has 31 heavy (non-hydrogen) atoms. The van der Waals surface area contributed by atoms with Crippen molar-refractivity contribution in [2.24, 2.45) is 0 Å². The normalized spacial score (nSPS) is 11.1. The number of fused-ring (bicyclic) bond motifs is 1. The van der Waals surface area contributed by atoms with E-state index in [2.05, 4.69) is 4.98 Å². The number of aromatic nitrogens is 2. The lowest BCUT2D eigenvalue weighted by Crippen LogP contribution is -2.26. The van der Waals surface area contributed by atoms with Crippen LogP contribution in [0.3, 0.4) is 0 Å². The number of hydrogen-bond donors (Lipinski definition) is 1. The van der Waals surface area contributed by atoms with Crippen LogP contribution in [0, 0.1) is 11.3 Å². The van der Waals surface area contributed by atoms with Crippen molar-refractivity contribution in [3.05, 3.63) is 69.3 Å². The monoisotopic (exact) mass is 419 g/mol. The van der Waals surface area contributed by atoms with Crippen molar-refractivity contribution in [2.45, 2.75) is 52.7 Å². The van der Waals surface area contributed by atoms with E-state index in [1.807, 2.05) is 39.8 Å². The van der Waals surface area contributed by atoms with Gasteiger partial charge in [0.15, 0.2) is 5.82 Å². The van der Waals surface area contributed by atoms with E-state index in [1.54, 1.807) is 30.3 Å². The second-order valence-electron chi connectivity index (χ2n) is 7.99. The van der Waals surface area contributed by atoms with Gasteiger partial charge in [-0.2, -0.15) is 5.26 Å². The zero-order chi connectivity index (χ0) is 22.7. The Labute approximate surface area is 180 Å². The van der Waals surface area contributed by atoms with Gasteiger partial charge in [-0.25, -0.2) is 9.78 Å². The topological polar surface area (TPSA) is 105 Å². The highest BCUT2D eigenvalue weighted by Crippen LogP contribution is 2.33. The third-order valence-corrected chi connectivity index (χ3v) is 5.17. The van der Waals surface area contributed by atoms with Crippen molar-refractivity contribution >= 4 is 16.9 Å². The highest BCUT2D eigenvalue weighted by Gasteiger charge is 2.21. The first-order valence-electron chi connectivity index (χ1n) is 10.1. The van der Waals surface area contributed by atoms with Gasteiger partial charge < -0.3 is 9.84 Å². The molecule has 160 valence electrons. The predicted octanol–water partition coefficient (Wildman–Crippen LogP) is 4.23. The first-order chi connectivity index (χ1) is 14.7. The number of carbonyl (C=O) groups excluding carboxylic acids is 1. The molecule has 0 unspecified atom stereocenters. The molecule has 1 heterocycles. The Morgan fingerprint density at radius 2 is 1.90 bits per heavy atom. The maximum atomic E-state index is 12.8. The van der Waals surface area contributed by atoms with Crippen molar-refractivity contribution in [2.75, 3.05) is 0 Å². The molecule has 3 rings (SSSR count). The fourth-order valence-electron chi connectivity index (χ4n) is 3.37. The number of aromatic hydroxyl groups is 1. The summed E-state index contributed by atoms with van der Waals surface area (Å²) in [5.41, 5.74) is 1.75. The zero-order valence-corrected chi connectivity index (χ0v) is 18.0. The van der Waals surface area contributed by atoms with Gasteiger partial charge in [-0.05, 0) is 41.2 Å². The fourth-order valence-corrected chi connectivity index (χ4v) is 3.37. The first-order valence-corrected chi connectivity index (χ1v) is 10.1. The summed E-state index contributed by atoms with van der Waals surface area (Å²) in [6.07, 6.45) is 0. The number of carbonyl (C=O) groups is 1. The molecule has 1 aromatic heterocycles. The van der Waals surface area contributed by atoms with Gasteiger partial charge in [-0.3, -0.25) is 9.36 Å². The van der Waals surface area contributed by atoms with Crippen LogP contribution in [0.15, 0.2) is 41.2 Å². The molecular formula is C24H25N3O4. The van der Waals surface area contributed by atoms with Gasteiger partial charge in [-0.15, -0.1) is 0 Å². The Balaban J connectivity index is 1.98. The van der Waals surface area contributed by atoms with E-state index in [9.17, 15) is 14.7 Å². The fraction of sp³-hybridized carbons (Fsp3) is 0.333. The van der Waals surface area contributed by atoms with Crippen LogP contribution in [-0.4, -0.2) is 20.6 Å². The lowest BCUT2D eigenvalue weighted by molar-refractivity contribution is 0.0453. The summed E-state index contributed by atoms with van der Waals surface area (Å²) in [7, 11) is 0. The van der Waals surface area contributed by atoms with Gasteiger partial charge in [0, 0.05) is 0 Å². The van der Waals surface area contributed by atoms with Gasteiger partial charge in [0.05, 0.1) is 17.0 Å². The van der Waals surface area contributed by atoms with E-state index in [0.717, 1.165) is 5.56 Å². The van der Waals surface area contributed by atoms with E-state index < -0.39 is 5.97 Å². The number of ether oxygens (including phenoxy) is 1. The van der Waals surface area contributed by atoms with Gasteiger partial charge in [0.2, 0.25) is 0 Å². The average Bonchev–Trinajstić information content (AvgIpc) is 2.74. The minimum absolute atomic E-state index is 0.0215. The van der Waals surface area contributed by atoms with Crippen LogP contribution in [0.1, 0.15) is 66.8 Å². The van der Waals surface area contributed by atoms with Crippen molar-refractivity contribution in [3.63, 3.8) is 0 Å². The molecule has 0 saturated carbocycles. The van der Waals surface area contributed by atoms with Gasteiger partial charge >= 0.3 is 5.97 Å². The van der Waals surface area contributed by atoms with Crippen LogP contribution in [0.4, 0.5) is 0 Å². The summed E-state index contributed by atoms with van der Waals surface area (Å²) in [6, 6.07) is 12.3. The van der Waals surface area contributed by atoms with Crippen LogP contribution in [0.2, 0.25) is 0 Å². The van der Waals surface area contributed by atoms with Crippen LogP contribution < -0.4 is 5.56 Å². The van der Waals surface area contributed by atoms with Crippen LogP contribution >= 0.6 is 0 Å².